The van der Waals surface area contributed by atoms with E-state index >= 15 is 0 Å². The summed E-state index contributed by atoms with van der Waals surface area (Å²) in [6.45, 7) is 4.34. The van der Waals surface area contributed by atoms with Crippen LogP contribution in [0, 0.1) is 5.41 Å². The number of rotatable bonds is 6. The molecule has 2 aromatic heterocycles. The van der Waals surface area contributed by atoms with E-state index in [4.69, 9.17) is 23.9 Å². The molecule has 194 valence electrons. The van der Waals surface area contributed by atoms with E-state index in [2.05, 4.69) is 23.9 Å². The highest BCUT2D eigenvalue weighted by molar-refractivity contribution is 6.00. The molecular weight excluding hydrogens is 484 g/mol. The van der Waals surface area contributed by atoms with Crippen LogP contribution in [0.25, 0.3) is 5.65 Å². The van der Waals surface area contributed by atoms with Crippen LogP contribution in [0.5, 0.6) is 23.1 Å². The Balaban J connectivity index is 1.50. The lowest BCUT2D eigenvalue weighted by atomic mass is 9.70. The van der Waals surface area contributed by atoms with E-state index in [1.54, 1.807) is 25.1 Å². The minimum atomic E-state index is -0.458. The van der Waals surface area contributed by atoms with Gasteiger partial charge in [0.15, 0.2) is 28.8 Å². The molecular formula is C29H28N4O5. The second-order valence-corrected chi connectivity index (χ2v) is 10.3. The molecule has 0 amide bonds. The third-order valence-electron chi connectivity index (χ3n) is 6.96. The van der Waals surface area contributed by atoms with Crippen molar-refractivity contribution >= 4 is 11.4 Å². The Bertz CT molecular complexity index is 1570. The molecule has 0 N–H and O–H groups in total. The average Bonchev–Trinajstić information content (AvgIpc) is 3.33. The van der Waals surface area contributed by atoms with Crippen molar-refractivity contribution in [3.8, 4) is 23.1 Å². The van der Waals surface area contributed by atoms with Gasteiger partial charge < -0.3 is 18.9 Å². The van der Waals surface area contributed by atoms with Gasteiger partial charge >= 0.3 is 0 Å². The maximum absolute atomic E-state index is 13.6. The van der Waals surface area contributed by atoms with Gasteiger partial charge in [-0.2, -0.15) is 0 Å². The van der Waals surface area contributed by atoms with E-state index in [9.17, 15) is 4.79 Å². The van der Waals surface area contributed by atoms with Crippen LogP contribution in [0.2, 0.25) is 0 Å². The maximum atomic E-state index is 13.6. The number of ketones is 1. The second kappa shape index (κ2) is 9.16. The number of allylic oxidation sites excluding steroid dienone is 2. The number of aromatic nitrogens is 4. The number of carbonyl (C=O) groups is 1. The highest BCUT2D eigenvalue weighted by atomic mass is 16.5. The highest BCUT2D eigenvalue weighted by Crippen LogP contribution is 2.51. The number of ether oxygens (including phenoxy) is 4. The standard InChI is InChI=1S/C29H28N4O5/c1-29(2)13-19(34)25-22(14-29)38-28-26(24(25)17-10-11-20(35-3)21(12-17)36-4)27-31-23(32-33(27)16-30-28)15-37-18-8-6-5-7-9-18/h5-12,16,24H,13-15H2,1-4H3/t24-/m1/s1. The molecule has 6 rings (SSSR count). The summed E-state index contributed by atoms with van der Waals surface area (Å²) in [4.78, 5) is 23.0. The molecule has 0 saturated heterocycles. The third kappa shape index (κ3) is 4.13. The van der Waals surface area contributed by atoms with Gasteiger partial charge in [0.2, 0.25) is 5.88 Å². The quantitative estimate of drug-likeness (QED) is 0.360. The zero-order valence-electron chi connectivity index (χ0n) is 21.7. The summed E-state index contributed by atoms with van der Waals surface area (Å²) in [5.41, 5.74) is 2.52. The maximum Gasteiger partial charge on any atom is 0.228 e. The van der Waals surface area contributed by atoms with Gasteiger partial charge in [-0.25, -0.2) is 14.5 Å². The first-order valence-corrected chi connectivity index (χ1v) is 12.4. The fourth-order valence-electron chi connectivity index (χ4n) is 5.28. The lowest BCUT2D eigenvalue weighted by Crippen LogP contribution is -2.33. The Morgan fingerprint density at radius 1 is 1.05 bits per heavy atom. The smallest absolute Gasteiger partial charge is 0.228 e. The summed E-state index contributed by atoms with van der Waals surface area (Å²) < 4.78 is 24.9. The fraction of sp³-hybridized carbons (Fsp3) is 0.310. The zero-order valence-corrected chi connectivity index (χ0v) is 21.7. The van der Waals surface area contributed by atoms with Crippen molar-refractivity contribution in [1.29, 1.82) is 0 Å². The number of hydrogen-bond acceptors (Lipinski definition) is 8. The molecule has 0 fully saturated rings. The number of hydrogen-bond donors (Lipinski definition) is 0. The molecule has 0 radical (unpaired) electrons. The summed E-state index contributed by atoms with van der Waals surface area (Å²) in [7, 11) is 3.19. The first-order valence-electron chi connectivity index (χ1n) is 12.4. The lowest BCUT2D eigenvalue weighted by Gasteiger charge is -2.37. The van der Waals surface area contributed by atoms with Crippen molar-refractivity contribution < 1.29 is 23.7 Å². The second-order valence-electron chi connectivity index (χ2n) is 10.3. The van der Waals surface area contributed by atoms with E-state index in [-0.39, 0.29) is 17.8 Å². The fourth-order valence-corrected chi connectivity index (χ4v) is 5.28. The van der Waals surface area contributed by atoms with Gasteiger partial charge in [0.25, 0.3) is 0 Å². The van der Waals surface area contributed by atoms with Crippen LogP contribution in [-0.2, 0) is 11.4 Å². The molecule has 2 aliphatic rings. The molecule has 9 nitrogen and oxygen atoms in total. The molecule has 1 aliphatic heterocycles. The predicted octanol–water partition coefficient (Wildman–Crippen LogP) is 4.89. The molecule has 0 spiro atoms. The normalized spacial score (nSPS) is 18.0. The monoisotopic (exact) mass is 512 g/mol. The predicted molar refractivity (Wildman–Crippen MR) is 139 cm³/mol. The van der Waals surface area contributed by atoms with Crippen LogP contribution >= 0.6 is 0 Å². The van der Waals surface area contributed by atoms with Crippen LogP contribution in [-0.4, -0.2) is 39.6 Å². The zero-order chi connectivity index (χ0) is 26.4. The van der Waals surface area contributed by atoms with Crippen LogP contribution in [0.4, 0.5) is 0 Å². The van der Waals surface area contributed by atoms with E-state index in [1.165, 1.54) is 0 Å². The molecule has 2 aromatic carbocycles. The summed E-state index contributed by atoms with van der Waals surface area (Å²) in [6, 6.07) is 15.2. The van der Waals surface area contributed by atoms with Gasteiger partial charge in [0, 0.05) is 18.4 Å². The first-order chi connectivity index (χ1) is 18.4. The molecule has 9 heteroatoms. The Morgan fingerprint density at radius 3 is 2.61 bits per heavy atom. The molecule has 4 aromatic rings. The first kappa shape index (κ1) is 24.0. The van der Waals surface area contributed by atoms with Gasteiger partial charge in [0.05, 0.1) is 25.7 Å². The number of methoxy groups -OCH3 is 2. The largest absolute Gasteiger partial charge is 0.493 e. The minimum absolute atomic E-state index is 0.0517. The van der Waals surface area contributed by atoms with Crippen LogP contribution in [0.3, 0.4) is 0 Å². The van der Waals surface area contributed by atoms with Gasteiger partial charge in [-0.15, -0.1) is 5.10 Å². The van der Waals surface area contributed by atoms with Crippen molar-refractivity contribution in [3.05, 3.63) is 83.1 Å². The SMILES string of the molecule is COc1ccc([C@@H]2C3=C(CC(C)(C)CC3=O)Oc3ncn4nc(COc5ccccc5)nc4c32)cc1OC. The Morgan fingerprint density at radius 2 is 1.84 bits per heavy atom. The van der Waals surface area contributed by atoms with E-state index in [0.717, 1.165) is 11.3 Å². The number of para-hydroxylation sites is 1. The number of Topliss-reactive ketones (excluding diaryl/α,β-unsaturated/α-hetero) is 1. The van der Waals surface area contributed by atoms with Gasteiger partial charge in [-0.3, -0.25) is 4.79 Å². The molecule has 0 bridgehead atoms. The van der Waals surface area contributed by atoms with Crippen molar-refractivity contribution in [3.63, 3.8) is 0 Å². The summed E-state index contributed by atoms with van der Waals surface area (Å²) in [6.07, 6.45) is 2.64. The van der Waals surface area contributed by atoms with Crippen molar-refractivity contribution in [2.75, 3.05) is 14.2 Å². The van der Waals surface area contributed by atoms with Crippen LogP contribution < -0.4 is 18.9 Å². The van der Waals surface area contributed by atoms with E-state index in [0.29, 0.717) is 58.6 Å². The molecule has 38 heavy (non-hydrogen) atoms. The number of benzene rings is 2. The van der Waals surface area contributed by atoms with E-state index < -0.39 is 5.92 Å². The van der Waals surface area contributed by atoms with Crippen molar-refractivity contribution in [2.24, 2.45) is 5.41 Å². The molecule has 1 aliphatic carbocycles. The van der Waals surface area contributed by atoms with E-state index in [1.807, 2.05) is 48.5 Å². The number of nitrogens with zero attached hydrogens (tertiary/aromatic N) is 4. The third-order valence-corrected chi connectivity index (χ3v) is 6.96. The van der Waals surface area contributed by atoms with Crippen LogP contribution in [0.15, 0.2) is 66.2 Å². The number of fused-ring (bicyclic) bond motifs is 3. The Kier molecular flexibility index (Phi) is 5.78. The number of carbonyl (C=O) groups excluding carboxylic acids is 1. The van der Waals surface area contributed by atoms with Gasteiger partial charge in [-0.05, 0) is 35.2 Å². The Labute approximate surface area is 220 Å². The van der Waals surface area contributed by atoms with Crippen molar-refractivity contribution in [1.82, 2.24) is 19.6 Å². The van der Waals surface area contributed by atoms with Crippen LogP contribution in [0.1, 0.15) is 49.6 Å². The topological polar surface area (TPSA) is 97.1 Å². The molecule has 3 heterocycles. The summed E-state index contributed by atoms with van der Waals surface area (Å²) in [5.74, 6) is 3.06. The average molecular weight is 513 g/mol. The highest BCUT2D eigenvalue weighted by Gasteiger charge is 2.44. The van der Waals surface area contributed by atoms with Gasteiger partial charge in [0.1, 0.15) is 24.4 Å². The minimum Gasteiger partial charge on any atom is -0.493 e. The Hall–Kier alpha value is -4.40. The summed E-state index contributed by atoms with van der Waals surface area (Å²) in [5, 5.41) is 4.59. The molecule has 1 atom stereocenters. The summed E-state index contributed by atoms with van der Waals surface area (Å²) >= 11 is 0. The molecule has 0 unspecified atom stereocenters. The molecule has 0 saturated carbocycles. The van der Waals surface area contributed by atoms with Gasteiger partial charge in [-0.1, -0.05) is 38.1 Å². The van der Waals surface area contributed by atoms with Crippen molar-refractivity contribution in [2.45, 2.75) is 39.2 Å². The lowest BCUT2D eigenvalue weighted by molar-refractivity contribution is -0.118.